The number of nitrogens with one attached hydrogen (secondary N) is 2. The molecule has 3 rings (SSSR count). The molecule has 0 saturated carbocycles. The van der Waals surface area contributed by atoms with E-state index >= 15 is 0 Å². The maximum Gasteiger partial charge on any atom is 0.251 e. The quantitative estimate of drug-likeness (QED) is 0.557. The van der Waals surface area contributed by atoms with E-state index in [2.05, 4.69) is 15.7 Å². The first kappa shape index (κ1) is 22.1. The molecule has 7 nitrogen and oxygen atoms in total. The Morgan fingerprint density at radius 2 is 1.71 bits per heavy atom. The van der Waals surface area contributed by atoms with Crippen LogP contribution in [0, 0.1) is 13.8 Å². The summed E-state index contributed by atoms with van der Waals surface area (Å²) < 4.78 is 7.27. The van der Waals surface area contributed by atoms with Gasteiger partial charge in [-0.3, -0.25) is 9.59 Å². The van der Waals surface area contributed by atoms with Gasteiger partial charge in [-0.15, -0.1) is 0 Å². The van der Waals surface area contributed by atoms with Gasteiger partial charge in [-0.25, -0.2) is 4.68 Å². The molecule has 0 aliphatic rings. The Morgan fingerprint density at radius 3 is 2.32 bits per heavy atom. The van der Waals surface area contributed by atoms with E-state index in [-0.39, 0.29) is 18.4 Å². The highest BCUT2D eigenvalue weighted by molar-refractivity contribution is 5.96. The van der Waals surface area contributed by atoms with Gasteiger partial charge >= 0.3 is 0 Å². The topological polar surface area (TPSA) is 85.2 Å². The zero-order valence-electron chi connectivity index (χ0n) is 18.1. The largest absolute Gasteiger partial charge is 0.494 e. The molecule has 3 aromatic rings. The van der Waals surface area contributed by atoms with Crippen LogP contribution < -0.4 is 15.4 Å². The van der Waals surface area contributed by atoms with E-state index < -0.39 is 0 Å². The van der Waals surface area contributed by atoms with Crippen molar-refractivity contribution in [2.45, 2.75) is 27.2 Å². The van der Waals surface area contributed by atoms with Crippen LogP contribution in [-0.2, 0) is 11.2 Å². The second-order valence-electron chi connectivity index (χ2n) is 7.25. The van der Waals surface area contributed by atoms with Crippen molar-refractivity contribution in [2.75, 3.05) is 19.7 Å². The van der Waals surface area contributed by atoms with E-state index in [4.69, 9.17) is 4.74 Å². The van der Waals surface area contributed by atoms with Crippen molar-refractivity contribution >= 4 is 11.8 Å². The molecule has 0 radical (unpaired) electrons. The molecular weight excluding hydrogens is 392 g/mol. The summed E-state index contributed by atoms with van der Waals surface area (Å²) in [5, 5.41) is 9.95. The molecule has 2 aromatic carbocycles. The second-order valence-corrected chi connectivity index (χ2v) is 7.25. The summed E-state index contributed by atoms with van der Waals surface area (Å²) in [5.41, 5.74) is 4.68. The molecule has 0 saturated heterocycles. The summed E-state index contributed by atoms with van der Waals surface area (Å²) in [6, 6.07) is 17.0. The van der Waals surface area contributed by atoms with E-state index in [9.17, 15) is 9.59 Å². The Bertz CT molecular complexity index is 1020. The van der Waals surface area contributed by atoms with Gasteiger partial charge in [0.2, 0.25) is 5.91 Å². The molecule has 1 aromatic heterocycles. The predicted molar refractivity (Wildman–Crippen MR) is 120 cm³/mol. The number of aromatic nitrogens is 2. The number of carbonyl (C=O) groups is 2. The number of amides is 2. The maximum atomic E-state index is 12.1. The van der Waals surface area contributed by atoms with Gasteiger partial charge in [0.15, 0.2) is 0 Å². The van der Waals surface area contributed by atoms with Crippen molar-refractivity contribution in [2.24, 2.45) is 0 Å². The number of rotatable bonds is 9. The molecule has 0 fully saturated rings. The Kier molecular flexibility index (Phi) is 7.43. The van der Waals surface area contributed by atoms with Crippen molar-refractivity contribution in [3.63, 3.8) is 0 Å². The number of hydrogen-bond acceptors (Lipinski definition) is 4. The van der Waals surface area contributed by atoms with Crippen molar-refractivity contribution in [3.05, 3.63) is 77.1 Å². The maximum absolute atomic E-state index is 12.1. The minimum absolute atomic E-state index is 0.0666. The van der Waals surface area contributed by atoms with E-state index in [0.717, 1.165) is 22.6 Å². The van der Waals surface area contributed by atoms with Crippen LogP contribution in [0.5, 0.6) is 5.75 Å². The molecule has 0 atom stereocenters. The molecule has 1 heterocycles. The molecule has 0 unspecified atom stereocenters. The van der Waals surface area contributed by atoms with Gasteiger partial charge in [-0.05, 0) is 75.2 Å². The lowest BCUT2D eigenvalue weighted by Crippen LogP contribution is -2.37. The van der Waals surface area contributed by atoms with Crippen LogP contribution in [-0.4, -0.2) is 41.3 Å². The lowest BCUT2D eigenvalue weighted by molar-refractivity contribution is -0.120. The molecule has 162 valence electrons. The Balaban J connectivity index is 1.40. The fourth-order valence-corrected chi connectivity index (χ4v) is 3.23. The van der Waals surface area contributed by atoms with Crippen molar-refractivity contribution in [1.29, 1.82) is 0 Å². The van der Waals surface area contributed by atoms with Gasteiger partial charge in [0.1, 0.15) is 5.75 Å². The summed E-state index contributed by atoms with van der Waals surface area (Å²) in [5.74, 6) is 0.191. The minimum Gasteiger partial charge on any atom is -0.494 e. The number of ether oxygens (including phenoxy) is 1. The molecule has 0 spiro atoms. The molecule has 7 heteroatoms. The molecule has 0 bridgehead atoms. The second kappa shape index (κ2) is 10.4. The summed E-state index contributed by atoms with van der Waals surface area (Å²) >= 11 is 0. The number of benzene rings is 2. The fourth-order valence-electron chi connectivity index (χ4n) is 3.23. The van der Waals surface area contributed by atoms with Gasteiger partial charge in [0.25, 0.3) is 5.91 Å². The zero-order valence-corrected chi connectivity index (χ0v) is 18.1. The van der Waals surface area contributed by atoms with E-state index in [0.29, 0.717) is 30.9 Å². The fraction of sp³-hybridized carbons (Fsp3) is 0.292. The van der Waals surface area contributed by atoms with Crippen molar-refractivity contribution in [3.8, 4) is 11.4 Å². The van der Waals surface area contributed by atoms with Crippen LogP contribution in [0.1, 0.15) is 34.2 Å². The van der Waals surface area contributed by atoms with Gasteiger partial charge in [0.05, 0.1) is 24.5 Å². The average Bonchev–Trinajstić information content (AvgIpc) is 3.11. The van der Waals surface area contributed by atoms with Crippen molar-refractivity contribution in [1.82, 2.24) is 20.4 Å². The monoisotopic (exact) mass is 420 g/mol. The van der Waals surface area contributed by atoms with Crippen LogP contribution in [0.2, 0.25) is 0 Å². The molecule has 0 aliphatic carbocycles. The first-order valence-corrected chi connectivity index (χ1v) is 10.4. The highest BCUT2D eigenvalue weighted by Crippen LogP contribution is 2.13. The van der Waals surface area contributed by atoms with Crippen LogP contribution in [0.15, 0.2) is 54.6 Å². The summed E-state index contributed by atoms with van der Waals surface area (Å²) in [4.78, 5) is 24.2. The summed E-state index contributed by atoms with van der Waals surface area (Å²) in [6.07, 6.45) is 0.704. The molecule has 31 heavy (non-hydrogen) atoms. The van der Waals surface area contributed by atoms with Gasteiger partial charge in [-0.1, -0.05) is 12.1 Å². The predicted octanol–water partition coefficient (Wildman–Crippen LogP) is 2.98. The number of hydrogen-bond donors (Lipinski definition) is 2. The zero-order chi connectivity index (χ0) is 22.2. The Labute approximate surface area is 182 Å². The molecule has 2 N–H and O–H groups in total. The van der Waals surface area contributed by atoms with Crippen LogP contribution in [0.3, 0.4) is 0 Å². The minimum atomic E-state index is -0.294. The van der Waals surface area contributed by atoms with Gasteiger partial charge in [-0.2, -0.15) is 5.10 Å². The number of nitrogens with zero attached hydrogens (tertiary/aromatic N) is 2. The number of carbonyl (C=O) groups excluding carboxylic acids is 2. The summed E-state index contributed by atoms with van der Waals surface area (Å²) in [7, 11) is 0. The third-order valence-electron chi connectivity index (χ3n) is 4.76. The van der Waals surface area contributed by atoms with Gasteiger partial charge < -0.3 is 15.4 Å². The smallest absolute Gasteiger partial charge is 0.251 e. The molecule has 0 aliphatic heterocycles. The Hall–Kier alpha value is -3.61. The SMILES string of the molecule is CCOc1ccc(C(=O)NCC(=O)NCCc2ccc(-n3nc(C)cc3C)cc2)cc1. The third-order valence-corrected chi connectivity index (χ3v) is 4.76. The number of aryl methyl sites for hydroxylation is 2. The van der Waals surface area contributed by atoms with Crippen LogP contribution >= 0.6 is 0 Å². The van der Waals surface area contributed by atoms with Gasteiger partial charge in [0, 0.05) is 17.8 Å². The standard InChI is InChI=1S/C24H28N4O3/c1-4-31-22-11-7-20(8-12-22)24(30)26-16-23(29)25-14-13-19-5-9-21(10-6-19)28-18(3)15-17(2)27-28/h5-12,15H,4,13-14,16H2,1-3H3,(H,25,29)(H,26,30). The normalized spacial score (nSPS) is 10.5. The molecular formula is C24H28N4O3. The highest BCUT2D eigenvalue weighted by Gasteiger charge is 2.08. The summed E-state index contributed by atoms with van der Waals surface area (Å²) in [6.45, 7) is 6.90. The highest BCUT2D eigenvalue weighted by atomic mass is 16.5. The first-order chi connectivity index (χ1) is 15.0. The van der Waals surface area contributed by atoms with Crippen molar-refractivity contribution < 1.29 is 14.3 Å². The van der Waals surface area contributed by atoms with Crippen LogP contribution in [0.25, 0.3) is 5.69 Å². The first-order valence-electron chi connectivity index (χ1n) is 10.4. The Morgan fingerprint density at radius 1 is 1.00 bits per heavy atom. The van der Waals surface area contributed by atoms with E-state index in [1.807, 2.05) is 55.8 Å². The van der Waals surface area contributed by atoms with E-state index in [1.54, 1.807) is 24.3 Å². The van der Waals surface area contributed by atoms with Crippen LogP contribution in [0.4, 0.5) is 0 Å². The lowest BCUT2D eigenvalue weighted by atomic mass is 10.1. The van der Waals surface area contributed by atoms with E-state index in [1.165, 1.54) is 0 Å². The third kappa shape index (κ3) is 6.18. The lowest BCUT2D eigenvalue weighted by Gasteiger charge is -2.09. The average molecular weight is 421 g/mol. The molecule has 2 amide bonds.